The van der Waals surface area contributed by atoms with Gasteiger partial charge >= 0.3 is 0 Å². The lowest BCUT2D eigenvalue weighted by Crippen LogP contribution is -2.41. The maximum absolute atomic E-state index is 12.5. The summed E-state index contributed by atoms with van der Waals surface area (Å²) in [7, 11) is 0. The number of nitrogens with zero attached hydrogens (tertiary/aromatic N) is 4. The molecule has 0 saturated carbocycles. The predicted molar refractivity (Wildman–Crippen MR) is 101 cm³/mol. The summed E-state index contributed by atoms with van der Waals surface area (Å²) in [5, 5.41) is 0. The van der Waals surface area contributed by atoms with Crippen molar-refractivity contribution in [3.63, 3.8) is 0 Å². The van der Waals surface area contributed by atoms with E-state index in [9.17, 15) is 4.79 Å². The maximum atomic E-state index is 12.5. The Morgan fingerprint density at radius 1 is 1.37 bits per heavy atom. The highest BCUT2D eigenvalue weighted by molar-refractivity contribution is 5.78. The van der Waals surface area contributed by atoms with Crippen molar-refractivity contribution in [1.82, 2.24) is 24.8 Å². The van der Waals surface area contributed by atoms with Gasteiger partial charge in [-0.25, -0.2) is 15.0 Å². The molecule has 7 heteroatoms. The minimum atomic E-state index is 0.0149. The molecule has 1 amide bonds. The Morgan fingerprint density at radius 3 is 3.11 bits per heavy atom. The molecule has 3 heterocycles. The van der Waals surface area contributed by atoms with E-state index in [2.05, 4.69) is 19.9 Å². The van der Waals surface area contributed by atoms with Crippen LogP contribution < -0.4 is 0 Å². The molecule has 1 aromatic carbocycles. The van der Waals surface area contributed by atoms with Gasteiger partial charge in [0.25, 0.3) is 0 Å². The smallest absolute Gasteiger partial charge is 0.248 e. The number of hydrogen-bond acceptors (Lipinski definition) is 5. The van der Waals surface area contributed by atoms with Crippen LogP contribution in [-0.2, 0) is 16.1 Å². The molecule has 0 bridgehead atoms. The molecule has 1 fully saturated rings. The van der Waals surface area contributed by atoms with E-state index in [-0.39, 0.29) is 18.4 Å². The number of para-hydroxylation sites is 1. The number of nitrogens with one attached hydrogen (secondary N) is 1. The van der Waals surface area contributed by atoms with Crippen LogP contribution in [0, 0.1) is 6.92 Å². The lowest BCUT2D eigenvalue weighted by atomic mass is 9.94. The van der Waals surface area contributed by atoms with Crippen LogP contribution in [0.2, 0.25) is 0 Å². The molecule has 140 valence electrons. The first kappa shape index (κ1) is 17.6. The number of amides is 1. The summed E-state index contributed by atoms with van der Waals surface area (Å²) < 4.78 is 5.63. The molecule has 2 aromatic heterocycles. The highest BCUT2D eigenvalue weighted by atomic mass is 16.5. The first-order chi connectivity index (χ1) is 13.2. The van der Waals surface area contributed by atoms with Gasteiger partial charge < -0.3 is 14.6 Å². The highest BCUT2D eigenvalue weighted by Crippen LogP contribution is 2.25. The van der Waals surface area contributed by atoms with Crippen molar-refractivity contribution >= 4 is 16.9 Å². The number of benzene rings is 1. The SMILES string of the molecule is Cc1cccc2[nH]c(COCC(=O)N3CCCC(c4ccncn4)C3)nc12. The fourth-order valence-corrected chi connectivity index (χ4v) is 3.61. The molecule has 4 rings (SSSR count). The lowest BCUT2D eigenvalue weighted by Gasteiger charge is -2.32. The number of aryl methyl sites for hydroxylation is 1. The molecule has 1 atom stereocenters. The second-order valence-corrected chi connectivity index (χ2v) is 6.96. The van der Waals surface area contributed by atoms with E-state index in [1.165, 1.54) is 0 Å². The molecule has 7 nitrogen and oxygen atoms in total. The van der Waals surface area contributed by atoms with Crippen molar-refractivity contribution in [2.45, 2.75) is 32.3 Å². The van der Waals surface area contributed by atoms with Gasteiger partial charge in [0, 0.05) is 30.9 Å². The number of carbonyl (C=O) groups excluding carboxylic acids is 1. The summed E-state index contributed by atoms with van der Waals surface area (Å²) in [5.74, 6) is 1.02. The van der Waals surface area contributed by atoms with Crippen LogP contribution in [0.15, 0.2) is 36.8 Å². The summed E-state index contributed by atoms with van der Waals surface area (Å²) in [4.78, 5) is 30.5. The fraction of sp³-hybridized carbons (Fsp3) is 0.400. The minimum absolute atomic E-state index is 0.0149. The van der Waals surface area contributed by atoms with Crippen molar-refractivity contribution in [3.8, 4) is 0 Å². The third-order valence-electron chi connectivity index (χ3n) is 5.03. The van der Waals surface area contributed by atoms with E-state index in [0.29, 0.717) is 13.2 Å². The van der Waals surface area contributed by atoms with Crippen LogP contribution in [0.4, 0.5) is 0 Å². The largest absolute Gasteiger partial charge is 0.364 e. The zero-order chi connectivity index (χ0) is 18.6. The number of carbonyl (C=O) groups is 1. The molecule has 0 radical (unpaired) electrons. The van der Waals surface area contributed by atoms with Crippen LogP contribution in [0.25, 0.3) is 11.0 Å². The van der Waals surface area contributed by atoms with Gasteiger partial charge in [0.05, 0.1) is 11.0 Å². The van der Waals surface area contributed by atoms with E-state index in [0.717, 1.165) is 47.5 Å². The second kappa shape index (κ2) is 7.84. The number of H-pyrrole nitrogens is 1. The van der Waals surface area contributed by atoms with Crippen LogP contribution in [0.3, 0.4) is 0 Å². The summed E-state index contributed by atoms with van der Waals surface area (Å²) in [6.45, 7) is 3.84. The molecule has 1 aliphatic rings. The number of aromatic amines is 1. The third-order valence-corrected chi connectivity index (χ3v) is 5.03. The monoisotopic (exact) mass is 365 g/mol. The molecule has 1 unspecified atom stereocenters. The van der Waals surface area contributed by atoms with Crippen LogP contribution in [0.5, 0.6) is 0 Å². The van der Waals surface area contributed by atoms with Gasteiger partial charge in [0.15, 0.2) is 0 Å². The number of rotatable bonds is 5. The van der Waals surface area contributed by atoms with E-state index >= 15 is 0 Å². The fourth-order valence-electron chi connectivity index (χ4n) is 3.61. The lowest BCUT2D eigenvalue weighted by molar-refractivity contribution is -0.137. The Balaban J connectivity index is 1.31. The number of imidazole rings is 1. The molecule has 1 N–H and O–H groups in total. The van der Waals surface area contributed by atoms with Gasteiger partial charge in [-0.2, -0.15) is 0 Å². The van der Waals surface area contributed by atoms with Gasteiger partial charge in [0.2, 0.25) is 5.91 Å². The number of likely N-dealkylation sites (tertiary alicyclic amines) is 1. The van der Waals surface area contributed by atoms with Gasteiger partial charge in [-0.15, -0.1) is 0 Å². The Kier molecular flexibility index (Phi) is 5.11. The van der Waals surface area contributed by atoms with E-state index < -0.39 is 0 Å². The van der Waals surface area contributed by atoms with Crippen molar-refractivity contribution in [1.29, 1.82) is 0 Å². The van der Waals surface area contributed by atoms with Gasteiger partial charge in [-0.1, -0.05) is 12.1 Å². The first-order valence-electron chi connectivity index (χ1n) is 9.26. The molecule has 3 aromatic rings. The Bertz CT molecular complexity index is 925. The summed E-state index contributed by atoms with van der Waals surface area (Å²) >= 11 is 0. The Hall–Kier alpha value is -2.80. The Morgan fingerprint density at radius 2 is 2.30 bits per heavy atom. The average Bonchev–Trinajstić information content (AvgIpc) is 3.13. The summed E-state index contributed by atoms with van der Waals surface area (Å²) in [5.41, 5.74) is 4.06. The van der Waals surface area contributed by atoms with Crippen molar-refractivity contribution in [2.75, 3.05) is 19.7 Å². The average molecular weight is 365 g/mol. The predicted octanol–water partition coefficient (Wildman–Crippen LogP) is 2.58. The number of aromatic nitrogens is 4. The molecule has 27 heavy (non-hydrogen) atoms. The Labute approximate surface area is 157 Å². The third kappa shape index (κ3) is 3.98. The van der Waals surface area contributed by atoms with Crippen molar-refractivity contribution < 1.29 is 9.53 Å². The van der Waals surface area contributed by atoms with Crippen molar-refractivity contribution in [2.24, 2.45) is 0 Å². The number of piperidine rings is 1. The minimum Gasteiger partial charge on any atom is -0.364 e. The number of fused-ring (bicyclic) bond motifs is 1. The van der Waals surface area contributed by atoms with Crippen LogP contribution in [-0.4, -0.2) is 50.4 Å². The van der Waals surface area contributed by atoms with Crippen molar-refractivity contribution in [3.05, 3.63) is 53.9 Å². The van der Waals surface area contributed by atoms with E-state index in [1.807, 2.05) is 36.1 Å². The number of ether oxygens (including phenoxy) is 1. The normalized spacial score (nSPS) is 17.4. The zero-order valence-corrected chi connectivity index (χ0v) is 15.4. The second-order valence-electron chi connectivity index (χ2n) is 6.96. The standard InChI is InChI=1S/C20H23N5O2/c1-14-4-2-6-17-20(14)24-18(23-17)11-27-12-19(26)25-9-3-5-15(10-25)16-7-8-21-13-22-16/h2,4,6-8,13,15H,3,5,9-12H2,1H3,(H,23,24). The maximum Gasteiger partial charge on any atom is 0.248 e. The van der Waals surface area contributed by atoms with Crippen LogP contribution in [0.1, 0.15) is 35.8 Å². The van der Waals surface area contributed by atoms with Crippen LogP contribution >= 0.6 is 0 Å². The molecule has 0 aliphatic carbocycles. The van der Waals surface area contributed by atoms with E-state index in [1.54, 1.807) is 12.5 Å². The quantitative estimate of drug-likeness (QED) is 0.751. The molecule has 1 aliphatic heterocycles. The molecular formula is C20H23N5O2. The molecule has 1 saturated heterocycles. The highest BCUT2D eigenvalue weighted by Gasteiger charge is 2.25. The summed E-state index contributed by atoms with van der Waals surface area (Å²) in [6, 6.07) is 7.94. The summed E-state index contributed by atoms with van der Waals surface area (Å²) in [6.07, 6.45) is 5.33. The van der Waals surface area contributed by atoms with Gasteiger partial charge in [0.1, 0.15) is 25.4 Å². The first-order valence-corrected chi connectivity index (χ1v) is 9.26. The zero-order valence-electron chi connectivity index (χ0n) is 15.4. The van der Waals surface area contributed by atoms with Gasteiger partial charge in [-0.05, 0) is 37.5 Å². The number of hydrogen-bond donors (Lipinski definition) is 1. The molecular weight excluding hydrogens is 342 g/mol. The molecule has 0 spiro atoms. The topological polar surface area (TPSA) is 84.0 Å². The van der Waals surface area contributed by atoms with Gasteiger partial charge in [-0.3, -0.25) is 4.79 Å². The van der Waals surface area contributed by atoms with E-state index in [4.69, 9.17) is 4.74 Å².